The largest absolute Gasteiger partial charge is 0.393 e. The Bertz CT molecular complexity index is 345. The van der Waals surface area contributed by atoms with Gasteiger partial charge in [0.05, 0.1) is 0 Å². The fourth-order valence-corrected chi connectivity index (χ4v) is 1.000. The highest BCUT2D eigenvalue weighted by Gasteiger charge is 2.03. The third kappa shape index (κ3) is 2.88. The molecule has 0 aliphatic rings. The fourth-order valence-electron chi connectivity index (χ4n) is 0.867. The van der Waals surface area contributed by atoms with Gasteiger partial charge in [-0.15, -0.1) is 0 Å². The minimum atomic E-state index is 0.278. The molecule has 0 amide bonds. The molecule has 0 unspecified atom stereocenters. The van der Waals surface area contributed by atoms with E-state index in [9.17, 15) is 0 Å². The second-order valence-corrected chi connectivity index (χ2v) is 3.45. The molecule has 76 valence electrons. The van der Waals surface area contributed by atoms with E-state index in [0.29, 0.717) is 18.1 Å². The predicted octanol–water partition coefficient (Wildman–Crippen LogP) is 2.09. The average Bonchev–Trinajstić information content (AvgIpc) is 2.12. The number of nitrogens with one attached hydrogen (secondary N) is 1. The zero-order valence-electron chi connectivity index (χ0n) is 8.21. The third-order valence-electron chi connectivity index (χ3n) is 1.62. The summed E-state index contributed by atoms with van der Waals surface area (Å²) in [7, 11) is 0. The molecule has 14 heavy (non-hydrogen) atoms. The number of nitrogens with two attached hydrogens (primary N) is 1. The van der Waals surface area contributed by atoms with Gasteiger partial charge in [-0.3, -0.25) is 0 Å². The van der Waals surface area contributed by atoms with E-state index in [1.165, 1.54) is 11.9 Å². The Morgan fingerprint density at radius 1 is 1.57 bits per heavy atom. The molecule has 0 spiro atoms. The second-order valence-electron chi connectivity index (χ2n) is 3.09. The molecule has 0 atom stereocenters. The van der Waals surface area contributed by atoms with Crippen LogP contribution in [0.5, 0.6) is 0 Å². The van der Waals surface area contributed by atoms with Crippen molar-refractivity contribution in [2.75, 3.05) is 17.6 Å². The summed E-state index contributed by atoms with van der Waals surface area (Å²) in [6, 6.07) is 0. The number of hydrogen-bond donors (Lipinski definition) is 2. The lowest BCUT2D eigenvalue weighted by Crippen LogP contribution is -2.05. The van der Waals surface area contributed by atoms with E-state index in [0.717, 1.165) is 0 Å². The second kappa shape index (κ2) is 4.81. The zero-order valence-corrected chi connectivity index (χ0v) is 8.97. The van der Waals surface area contributed by atoms with Crippen molar-refractivity contribution < 1.29 is 0 Å². The summed E-state index contributed by atoms with van der Waals surface area (Å²) in [6.45, 7) is 4.73. The maximum absolute atomic E-state index is 5.72. The van der Waals surface area contributed by atoms with Gasteiger partial charge in [0.2, 0.25) is 0 Å². The molecular weight excluding hydrogens is 200 g/mol. The highest BCUT2D eigenvalue weighted by atomic mass is 35.5. The van der Waals surface area contributed by atoms with Crippen molar-refractivity contribution in [1.29, 1.82) is 0 Å². The van der Waals surface area contributed by atoms with Crippen molar-refractivity contribution in [2.24, 2.45) is 0 Å². The molecule has 0 bridgehead atoms. The topological polar surface area (TPSA) is 63.8 Å². The molecule has 1 aromatic rings. The highest BCUT2D eigenvalue weighted by Crippen LogP contribution is 2.21. The molecule has 5 heteroatoms. The number of aromatic nitrogens is 2. The summed E-state index contributed by atoms with van der Waals surface area (Å²) < 4.78 is 0. The van der Waals surface area contributed by atoms with Gasteiger partial charge >= 0.3 is 0 Å². The number of halogens is 1. The van der Waals surface area contributed by atoms with E-state index in [4.69, 9.17) is 17.3 Å². The first-order valence-electron chi connectivity index (χ1n) is 4.24. The van der Waals surface area contributed by atoms with Gasteiger partial charge in [0.25, 0.3) is 0 Å². The maximum atomic E-state index is 5.72. The Hall–Kier alpha value is -1.29. The molecule has 0 fully saturated rings. The smallest absolute Gasteiger partial charge is 0.157 e. The molecule has 3 N–H and O–H groups in total. The molecule has 1 aromatic heterocycles. The van der Waals surface area contributed by atoms with Crippen LogP contribution in [-0.4, -0.2) is 16.5 Å². The van der Waals surface area contributed by atoms with Gasteiger partial charge in [-0.25, -0.2) is 9.97 Å². The number of anilines is 2. The van der Waals surface area contributed by atoms with E-state index < -0.39 is 0 Å². The normalized spacial score (nSPS) is 9.64. The summed E-state index contributed by atoms with van der Waals surface area (Å²) in [5.41, 5.74) is 7.28. The van der Waals surface area contributed by atoms with Crippen molar-refractivity contribution >= 4 is 23.1 Å². The third-order valence-corrected chi connectivity index (χ3v) is 1.92. The van der Waals surface area contributed by atoms with Crippen LogP contribution in [-0.2, 0) is 0 Å². The van der Waals surface area contributed by atoms with Crippen molar-refractivity contribution in [3.05, 3.63) is 23.1 Å². The Kier molecular flexibility index (Phi) is 3.71. The van der Waals surface area contributed by atoms with Gasteiger partial charge in [0.1, 0.15) is 12.0 Å². The van der Waals surface area contributed by atoms with E-state index in [2.05, 4.69) is 15.3 Å². The van der Waals surface area contributed by atoms with Crippen LogP contribution in [0, 0.1) is 0 Å². The predicted molar refractivity (Wildman–Crippen MR) is 59.4 cm³/mol. The maximum Gasteiger partial charge on any atom is 0.157 e. The van der Waals surface area contributed by atoms with Crippen LogP contribution in [0.4, 0.5) is 11.5 Å². The van der Waals surface area contributed by atoms with Crippen molar-refractivity contribution in [3.8, 4) is 0 Å². The van der Waals surface area contributed by atoms with Gasteiger partial charge in [-0.2, -0.15) is 0 Å². The lowest BCUT2D eigenvalue weighted by Gasteiger charge is -2.06. The Labute approximate surface area is 88.2 Å². The number of rotatable bonds is 3. The standard InChI is InChI=1S/C9H13ClN4/c1-6(2)3-4-12-9-7(11)8(10)13-5-14-9/h3,5H,4,11H2,1-2H3,(H,12,13,14). The van der Waals surface area contributed by atoms with Crippen LogP contribution in [0.15, 0.2) is 18.0 Å². The highest BCUT2D eigenvalue weighted by molar-refractivity contribution is 6.32. The molecule has 4 nitrogen and oxygen atoms in total. The van der Waals surface area contributed by atoms with Crippen LogP contribution < -0.4 is 11.1 Å². The molecule has 0 aromatic carbocycles. The van der Waals surface area contributed by atoms with E-state index >= 15 is 0 Å². The lowest BCUT2D eigenvalue weighted by molar-refractivity contribution is 1.14. The summed E-state index contributed by atoms with van der Waals surface area (Å²) in [6.07, 6.45) is 3.42. The van der Waals surface area contributed by atoms with Gasteiger partial charge in [-0.1, -0.05) is 23.3 Å². The van der Waals surface area contributed by atoms with Gasteiger partial charge in [0.15, 0.2) is 11.0 Å². The lowest BCUT2D eigenvalue weighted by atomic mass is 10.3. The number of allylic oxidation sites excluding steroid dienone is 1. The van der Waals surface area contributed by atoms with E-state index in [-0.39, 0.29) is 5.15 Å². The minimum Gasteiger partial charge on any atom is -0.393 e. The quantitative estimate of drug-likeness (QED) is 0.595. The summed E-state index contributed by atoms with van der Waals surface area (Å²) in [4.78, 5) is 7.73. The molecule has 1 rings (SSSR count). The van der Waals surface area contributed by atoms with Crippen LogP contribution in [0.1, 0.15) is 13.8 Å². The first-order valence-corrected chi connectivity index (χ1v) is 4.62. The van der Waals surface area contributed by atoms with Crippen LogP contribution >= 0.6 is 11.6 Å². The summed E-state index contributed by atoms with van der Waals surface area (Å²) in [5, 5.41) is 3.33. The molecule has 0 saturated carbocycles. The Morgan fingerprint density at radius 3 is 2.93 bits per heavy atom. The van der Waals surface area contributed by atoms with Crippen molar-refractivity contribution in [1.82, 2.24) is 9.97 Å². The first kappa shape index (κ1) is 10.8. The minimum absolute atomic E-state index is 0.278. The monoisotopic (exact) mass is 212 g/mol. The van der Waals surface area contributed by atoms with Gasteiger partial charge < -0.3 is 11.1 Å². The summed E-state index contributed by atoms with van der Waals surface area (Å²) >= 11 is 5.72. The zero-order chi connectivity index (χ0) is 10.6. The van der Waals surface area contributed by atoms with Gasteiger partial charge in [-0.05, 0) is 13.8 Å². The SMILES string of the molecule is CC(C)=CCNc1ncnc(Cl)c1N. The number of nitrogens with zero attached hydrogens (tertiary/aromatic N) is 2. The van der Waals surface area contributed by atoms with Crippen molar-refractivity contribution in [2.45, 2.75) is 13.8 Å². The Morgan fingerprint density at radius 2 is 2.29 bits per heavy atom. The molecular formula is C9H13ClN4. The molecule has 0 saturated heterocycles. The van der Waals surface area contributed by atoms with Crippen LogP contribution in [0.25, 0.3) is 0 Å². The van der Waals surface area contributed by atoms with Crippen molar-refractivity contribution in [3.63, 3.8) is 0 Å². The van der Waals surface area contributed by atoms with Crippen LogP contribution in [0.2, 0.25) is 5.15 Å². The Balaban J connectivity index is 2.68. The molecule has 0 aliphatic heterocycles. The molecule has 1 heterocycles. The molecule has 0 radical (unpaired) electrons. The number of hydrogen-bond acceptors (Lipinski definition) is 4. The van der Waals surface area contributed by atoms with E-state index in [1.54, 1.807) is 0 Å². The van der Waals surface area contributed by atoms with Gasteiger partial charge in [0, 0.05) is 6.54 Å². The van der Waals surface area contributed by atoms with Crippen LogP contribution in [0.3, 0.4) is 0 Å². The van der Waals surface area contributed by atoms with E-state index in [1.807, 2.05) is 19.9 Å². The molecule has 0 aliphatic carbocycles. The fraction of sp³-hybridized carbons (Fsp3) is 0.333. The summed E-state index contributed by atoms with van der Waals surface area (Å²) in [5.74, 6) is 0.572. The first-order chi connectivity index (χ1) is 6.61. The number of nitrogen functional groups attached to an aromatic ring is 1. The average molecular weight is 213 g/mol.